The molecule has 110 valence electrons. The lowest BCUT2D eigenvalue weighted by Crippen LogP contribution is -2.31. The first-order chi connectivity index (χ1) is 9.36. The molecular formula is C13H21BrN6. The summed E-state index contributed by atoms with van der Waals surface area (Å²) in [6.45, 7) is 6.05. The molecule has 6 nitrogen and oxygen atoms in total. The molecule has 1 unspecified atom stereocenters. The molecule has 2 aromatic rings. The highest BCUT2D eigenvalue weighted by Crippen LogP contribution is 2.28. The molecular weight excluding hydrogens is 320 g/mol. The first kappa shape index (κ1) is 15.2. The van der Waals surface area contributed by atoms with Crippen LogP contribution >= 0.6 is 15.9 Å². The van der Waals surface area contributed by atoms with Crippen molar-refractivity contribution in [3.8, 4) is 0 Å². The van der Waals surface area contributed by atoms with Crippen molar-refractivity contribution < 1.29 is 0 Å². The van der Waals surface area contributed by atoms with Crippen LogP contribution in [0.2, 0.25) is 0 Å². The molecule has 3 N–H and O–H groups in total. The van der Waals surface area contributed by atoms with Crippen LogP contribution in [0.4, 0.5) is 0 Å². The molecule has 0 radical (unpaired) electrons. The van der Waals surface area contributed by atoms with Gasteiger partial charge in [0.1, 0.15) is 0 Å². The maximum atomic E-state index is 5.77. The van der Waals surface area contributed by atoms with Gasteiger partial charge in [0.2, 0.25) is 0 Å². The van der Waals surface area contributed by atoms with Crippen molar-refractivity contribution in [2.45, 2.75) is 33.2 Å². The predicted molar refractivity (Wildman–Crippen MR) is 82.1 cm³/mol. The van der Waals surface area contributed by atoms with Crippen LogP contribution in [0.5, 0.6) is 0 Å². The minimum absolute atomic E-state index is 0.00907. The van der Waals surface area contributed by atoms with E-state index in [-0.39, 0.29) is 6.04 Å². The first-order valence-corrected chi connectivity index (χ1v) is 7.30. The summed E-state index contributed by atoms with van der Waals surface area (Å²) >= 11 is 3.60. The van der Waals surface area contributed by atoms with Gasteiger partial charge in [0.15, 0.2) is 0 Å². The number of hydrazine groups is 1. The summed E-state index contributed by atoms with van der Waals surface area (Å²) in [5, 5.41) is 8.88. The molecule has 0 spiro atoms. The van der Waals surface area contributed by atoms with Crippen molar-refractivity contribution in [2.24, 2.45) is 19.9 Å². The van der Waals surface area contributed by atoms with Crippen molar-refractivity contribution in [3.05, 3.63) is 32.8 Å². The van der Waals surface area contributed by atoms with E-state index < -0.39 is 0 Å². The Bertz CT molecular complexity index is 627. The van der Waals surface area contributed by atoms with Crippen LogP contribution in [-0.2, 0) is 20.5 Å². The van der Waals surface area contributed by atoms with Gasteiger partial charge in [0.25, 0.3) is 0 Å². The van der Waals surface area contributed by atoms with Gasteiger partial charge in [-0.2, -0.15) is 10.2 Å². The second-order valence-corrected chi connectivity index (χ2v) is 5.89. The smallest absolute Gasteiger partial charge is 0.0738 e. The van der Waals surface area contributed by atoms with Gasteiger partial charge < -0.3 is 0 Å². The standard InChI is InChI=1S/C13H21BrN6/c1-7-12(9(3)19(4)17-7)10(16-15)6-11-13(14)8(2)18-20(11)5/h10,16H,6,15H2,1-5H3. The summed E-state index contributed by atoms with van der Waals surface area (Å²) in [5.41, 5.74) is 8.29. The SMILES string of the molecule is Cc1nn(C)c(CC(NN)c2c(C)nn(C)c2C)c1Br. The fourth-order valence-corrected chi connectivity index (χ4v) is 3.13. The van der Waals surface area contributed by atoms with Crippen LogP contribution in [0.15, 0.2) is 4.47 Å². The number of nitrogens with two attached hydrogens (primary N) is 1. The van der Waals surface area contributed by atoms with E-state index in [4.69, 9.17) is 5.84 Å². The van der Waals surface area contributed by atoms with Gasteiger partial charge in [-0.3, -0.25) is 20.6 Å². The zero-order valence-corrected chi connectivity index (χ0v) is 14.1. The van der Waals surface area contributed by atoms with Crippen molar-refractivity contribution in [2.75, 3.05) is 0 Å². The average molecular weight is 341 g/mol. The lowest BCUT2D eigenvalue weighted by atomic mass is 10.0. The Morgan fingerprint density at radius 3 is 2.15 bits per heavy atom. The first-order valence-electron chi connectivity index (χ1n) is 6.51. The second kappa shape index (κ2) is 5.67. The topological polar surface area (TPSA) is 73.7 Å². The minimum Gasteiger partial charge on any atom is -0.272 e. The van der Waals surface area contributed by atoms with Crippen LogP contribution in [-0.4, -0.2) is 19.6 Å². The number of hydrogen-bond acceptors (Lipinski definition) is 4. The molecule has 0 aliphatic rings. The molecule has 7 heteroatoms. The second-order valence-electron chi connectivity index (χ2n) is 5.10. The van der Waals surface area contributed by atoms with Crippen molar-refractivity contribution in [1.82, 2.24) is 25.0 Å². The maximum absolute atomic E-state index is 5.77. The zero-order valence-electron chi connectivity index (χ0n) is 12.5. The molecule has 2 heterocycles. The lowest BCUT2D eigenvalue weighted by molar-refractivity contribution is 0.524. The van der Waals surface area contributed by atoms with Gasteiger partial charge in [-0.25, -0.2) is 0 Å². The third-order valence-corrected chi connectivity index (χ3v) is 4.81. The molecule has 0 bridgehead atoms. The number of halogens is 1. The van der Waals surface area contributed by atoms with Gasteiger partial charge in [-0.1, -0.05) is 0 Å². The Morgan fingerprint density at radius 1 is 1.15 bits per heavy atom. The van der Waals surface area contributed by atoms with Crippen LogP contribution < -0.4 is 11.3 Å². The van der Waals surface area contributed by atoms with E-state index in [2.05, 4.69) is 38.5 Å². The third-order valence-electron chi connectivity index (χ3n) is 3.77. The normalized spacial score (nSPS) is 12.9. The Kier molecular flexibility index (Phi) is 4.31. The molecule has 0 aromatic carbocycles. The molecule has 2 rings (SSSR count). The number of rotatable bonds is 4. The molecule has 0 amide bonds. The van der Waals surface area contributed by atoms with Crippen LogP contribution in [0.1, 0.15) is 34.4 Å². The van der Waals surface area contributed by atoms with E-state index in [1.54, 1.807) is 0 Å². The molecule has 0 aliphatic carbocycles. The van der Waals surface area contributed by atoms with Crippen LogP contribution in [0.3, 0.4) is 0 Å². The van der Waals surface area contributed by atoms with Crippen LogP contribution in [0.25, 0.3) is 0 Å². The summed E-state index contributed by atoms with van der Waals surface area (Å²) in [7, 11) is 3.90. The van der Waals surface area contributed by atoms with Gasteiger partial charge in [0.05, 0.1) is 27.6 Å². The molecule has 0 saturated carbocycles. The Morgan fingerprint density at radius 2 is 1.75 bits per heavy atom. The third kappa shape index (κ3) is 2.53. The van der Waals surface area contributed by atoms with Crippen molar-refractivity contribution >= 4 is 15.9 Å². The summed E-state index contributed by atoms with van der Waals surface area (Å²) in [6.07, 6.45) is 0.752. The average Bonchev–Trinajstić information content (AvgIpc) is 2.77. The molecule has 2 aromatic heterocycles. The van der Waals surface area contributed by atoms with Gasteiger partial charge >= 0.3 is 0 Å². The summed E-state index contributed by atoms with van der Waals surface area (Å²) in [6, 6.07) is 0.00907. The van der Waals surface area contributed by atoms with E-state index >= 15 is 0 Å². The van der Waals surface area contributed by atoms with Crippen LogP contribution in [0, 0.1) is 20.8 Å². The van der Waals surface area contributed by atoms with Crippen molar-refractivity contribution in [3.63, 3.8) is 0 Å². The van der Waals surface area contributed by atoms with Gasteiger partial charge in [-0.15, -0.1) is 0 Å². The Balaban J connectivity index is 2.39. The Hall–Kier alpha value is -1.18. The van der Waals surface area contributed by atoms with Gasteiger partial charge in [-0.05, 0) is 36.7 Å². The number of aromatic nitrogens is 4. The monoisotopic (exact) mass is 340 g/mol. The molecule has 20 heavy (non-hydrogen) atoms. The summed E-state index contributed by atoms with van der Waals surface area (Å²) in [4.78, 5) is 0. The maximum Gasteiger partial charge on any atom is 0.0738 e. The Labute approximate surface area is 127 Å². The van der Waals surface area contributed by atoms with E-state index in [0.29, 0.717) is 0 Å². The van der Waals surface area contributed by atoms with Gasteiger partial charge in [0, 0.05) is 31.8 Å². The molecule has 0 saturated heterocycles. The summed E-state index contributed by atoms with van der Waals surface area (Å²) in [5.74, 6) is 5.77. The molecule has 1 atom stereocenters. The largest absolute Gasteiger partial charge is 0.272 e. The fourth-order valence-electron chi connectivity index (χ4n) is 2.63. The highest BCUT2D eigenvalue weighted by atomic mass is 79.9. The fraction of sp³-hybridized carbons (Fsp3) is 0.538. The number of nitrogens with one attached hydrogen (secondary N) is 1. The van der Waals surface area contributed by atoms with Crippen molar-refractivity contribution in [1.29, 1.82) is 0 Å². The van der Waals surface area contributed by atoms with E-state index in [1.165, 1.54) is 0 Å². The highest BCUT2D eigenvalue weighted by Gasteiger charge is 2.22. The zero-order chi connectivity index (χ0) is 15.0. The van der Waals surface area contributed by atoms with E-state index in [1.807, 2.05) is 37.3 Å². The quantitative estimate of drug-likeness (QED) is 0.654. The van der Waals surface area contributed by atoms with E-state index in [0.717, 1.165) is 39.2 Å². The summed E-state index contributed by atoms with van der Waals surface area (Å²) < 4.78 is 4.82. The van der Waals surface area contributed by atoms with E-state index in [9.17, 15) is 0 Å². The molecule has 0 aliphatic heterocycles. The number of aryl methyl sites for hydroxylation is 4. The predicted octanol–water partition coefficient (Wildman–Crippen LogP) is 1.59. The minimum atomic E-state index is 0.00907. The lowest BCUT2D eigenvalue weighted by Gasteiger charge is -2.17. The number of hydrogen-bond donors (Lipinski definition) is 2. The number of nitrogens with zero attached hydrogens (tertiary/aromatic N) is 4. The highest BCUT2D eigenvalue weighted by molar-refractivity contribution is 9.10. The molecule has 0 fully saturated rings.